The molecule has 4 aromatic rings. The number of hydrogen-bond donors (Lipinski definition) is 1. The van der Waals surface area contributed by atoms with Gasteiger partial charge in [0.2, 0.25) is 0 Å². The molecule has 176 valence electrons. The van der Waals surface area contributed by atoms with E-state index in [9.17, 15) is 9.59 Å². The van der Waals surface area contributed by atoms with Gasteiger partial charge in [0, 0.05) is 28.9 Å². The number of amides is 3. The van der Waals surface area contributed by atoms with Crippen molar-refractivity contribution in [1.29, 1.82) is 0 Å². The van der Waals surface area contributed by atoms with Gasteiger partial charge in [-0.1, -0.05) is 59.6 Å². The first-order chi connectivity index (χ1) is 16.9. The summed E-state index contributed by atoms with van der Waals surface area (Å²) in [6.07, 6.45) is 0. The van der Waals surface area contributed by atoms with Crippen molar-refractivity contribution in [3.05, 3.63) is 93.6 Å². The highest BCUT2D eigenvalue weighted by atomic mass is 35.5. The van der Waals surface area contributed by atoms with Crippen molar-refractivity contribution < 1.29 is 14.3 Å². The van der Waals surface area contributed by atoms with E-state index in [1.807, 2.05) is 48.5 Å². The molecule has 3 amide bonds. The number of ether oxygens (including phenoxy) is 1. The van der Waals surface area contributed by atoms with Crippen LogP contribution >= 0.6 is 23.2 Å². The number of para-hydroxylation sites is 2. The third-order valence-electron chi connectivity index (χ3n) is 7.20. The SMILES string of the molecule is COc1ccccc1[C@@H]1CN2C(=O)N(c3ccc(Cl)c(Cl)c3)C(=O)[C@]2(C)c2[nH]c3ccccc3c21. The Bertz CT molecular complexity index is 1530. The molecule has 35 heavy (non-hydrogen) atoms. The van der Waals surface area contributed by atoms with E-state index in [-0.39, 0.29) is 16.8 Å². The largest absolute Gasteiger partial charge is 0.496 e. The summed E-state index contributed by atoms with van der Waals surface area (Å²) in [7, 11) is 1.64. The summed E-state index contributed by atoms with van der Waals surface area (Å²) < 4.78 is 5.68. The van der Waals surface area contributed by atoms with Crippen LogP contribution in [0.25, 0.3) is 10.9 Å². The van der Waals surface area contributed by atoms with Crippen molar-refractivity contribution in [1.82, 2.24) is 9.88 Å². The fourth-order valence-electron chi connectivity index (χ4n) is 5.48. The summed E-state index contributed by atoms with van der Waals surface area (Å²) in [5.74, 6) is 0.194. The van der Waals surface area contributed by atoms with Crippen LogP contribution in [0, 0.1) is 0 Å². The van der Waals surface area contributed by atoms with Crippen molar-refractivity contribution in [2.45, 2.75) is 18.4 Å². The number of rotatable bonds is 3. The highest BCUT2D eigenvalue weighted by molar-refractivity contribution is 6.42. The molecule has 0 aliphatic carbocycles. The zero-order valence-corrected chi connectivity index (χ0v) is 20.5. The molecule has 3 aromatic carbocycles. The van der Waals surface area contributed by atoms with E-state index < -0.39 is 11.6 Å². The van der Waals surface area contributed by atoms with Crippen LogP contribution in [0.15, 0.2) is 66.7 Å². The van der Waals surface area contributed by atoms with Gasteiger partial charge < -0.3 is 14.6 Å². The summed E-state index contributed by atoms with van der Waals surface area (Å²) in [5, 5.41) is 1.65. The van der Waals surface area contributed by atoms with Gasteiger partial charge in [0.25, 0.3) is 5.91 Å². The van der Waals surface area contributed by atoms with Crippen molar-refractivity contribution in [2.75, 3.05) is 18.6 Å². The fourth-order valence-corrected chi connectivity index (χ4v) is 5.77. The molecule has 6 nitrogen and oxygen atoms in total. The molecule has 2 aliphatic rings. The maximum absolute atomic E-state index is 14.0. The molecule has 8 heteroatoms. The molecule has 0 unspecified atom stereocenters. The van der Waals surface area contributed by atoms with E-state index in [1.165, 1.54) is 4.90 Å². The standard InChI is InChI=1S/C27H21Cl2N3O3/c1-27-24-23(17-8-3-5-9-21(17)30-24)18(16-7-4-6-10-22(16)35-2)14-31(27)26(34)32(25(27)33)15-11-12-19(28)20(29)13-15/h3-13,18,30H,14H2,1-2H3/t18-,27-/m0/s1. The molecule has 1 aromatic heterocycles. The zero-order valence-electron chi connectivity index (χ0n) is 19.0. The Kier molecular flexibility index (Phi) is 4.88. The fraction of sp³-hybridized carbons (Fsp3) is 0.185. The molecule has 0 radical (unpaired) electrons. The highest BCUT2D eigenvalue weighted by Crippen LogP contribution is 2.51. The van der Waals surface area contributed by atoms with E-state index in [0.29, 0.717) is 22.9 Å². The van der Waals surface area contributed by atoms with Gasteiger partial charge in [0.1, 0.15) is 5.75 Å². The number of urea groups is 1. The van der Waals surface area contributed by atoms with Crippen LogP contribution in [0.4, 0.5) is 10.5 Å². The second-order valence-electron chi connectivity index (χ2n) is 8.96. The average molecular weight is 506 g/mol. The van der Waals surface area contributed by atoms with E-state index in [1.54, 1.807) is 37.1 Å². The number of imide groups is 1. The molecule has 1 saturated heterocycles. The maximum Gasteiger partial charge on any atom is 0.332 e. The number of nitrogens with one attached hydrogen (secondary N) is 1. The lowest BCUT2D eigenvalue weighted by Gasteiger charge is -2.40. The van der Waals surface area contributed by atoms with Crippen LogP contribution in [0.5, 0.6) is 5.75 Å². The number of benzene rings is 3. The number of carbonyl (C=O) groups is 2. The summed E-state index contributed by atoms with van der Waals surface area (Å²) in [4.78, 5) is 34.2. The molecule has 6 rings (SSSR count). The molecular formula is C27H21Cl2N3O3. The van der Waals surface area contributed by atoms with Gasteiger partial charge in [0.15, 0.2) is 5.54 Å². The van der Waals surface area contributed by atoms with Crippen molar-refractivity contribution in [2.24, 2.45) is 0 Å². The van der Waals surface area contributed by atoms with Gasteiger partial charge in [0.05, 0.1) is 28.5 Å². The molecule has 1 N–H and O–H groups in total. The van der Waals surface area contributed by atoms with Crippen LogP contribution in [-0.4, -0.2) is 35.5 Å². The van der Waals surface area contributed by atoms with Crippen molar-refractivity contribution in [3.8, 4) is 5.75 Å². The van der Waals surface area contributed by atoms with Gasteiger partial charge in [-0.15, -0.1) is 0 Å². The Morgan fingerprint density at radius 1 is 1.00 bits per heavy atom. The van der Waals surface area contributed by atoms with Gasteiger partial charge in [-0.2, -0.15) is 0 Å². The molecule has 2 atom stereocenters. The van der Waals surface area contributed by atoms with Crippen LogP contribution in [-0.2, 0) is 10.3 Å². The Labute approximate surface area is 212 Å². The number of anilines is 1. The lowest BCUT2D eigenvalue weighted by atomic mass is 9.78. The van der Waals surface area contributed by atoms with Crippen LogP contribution in [0.1, 0.15) is 29.7 Å². The van der Waals surface area contributed by atoms with Gasteiger partial charge in [-0.3, -0.25) is 4.79 Å². The Hall–Kier alpha value is -3.48. The molecule has 2 aliphatic heterocycles. The van der Waals surface area contributed by atoms with Gasteiger partial charge in [-0.05, 0) is 42.8 Å². The first-order valence-corrected chi connectivity index (χ1v) is 12.0. The Balaban J connectivity index is 1.59. The number of hydrogen-bond acceptors (Lipinski definition) is 3. The Morgan fingerprint density at radius 3 is 2.51 bits per heavy atom. The smallest absolute Gasteiger partial charge is 0.332 e. The first-order valence-electron chi connectivity index (χ1n) is 11.2. The number of nitrogens with zero attached hydrogens (tertiary/aromatic N) is 2. The first kappa shape index (κ1) is 22.0. The minimum atomic E-state index is -1.21. The lowest BCUT2D eigenvalue weighted by Crippen LogP contribution is -2.50. The Morgan fingerprint density at radius 2 is 1.74 bits per heavy atom. The van der Waals surface area contributed by atoms with Crippen molar-refractivity contribution in [3.63, 3.8) is 0 Å². The number of aromatic amines is 1. The number of fused-ring (bicyclic) bond motifs is 5. The van der Waals surface area contributed by atoms with E-state index in [4.69, 9.17) is 27.9 Å². The second-order valence-corrected chi connectivity index (χ2v) is 9.77. The summed E-state index contributed by atoms with van der Waals surface area (Å²) in [6.45, 7) is 2.12. The van der Waals surface area contributed by atoms with Crippen molar-refractivity contribution >= 4 is 51.7 Å². The summed E-state index contributed by atoms with van der Waals surface area (Å²) in [6, 6.07) is 20.1. The number of aromatic nitrogens is 1. The maximum atomic E-state index is 14.0. The highest BCUT2D eigenvalue weighted by Gasteiger charge is 2.60. The summed E-state index contributed by atoms with van der Waals surface area (Å²) >= 11 is 12.3. The number of halogens is 2. The molecular weight excluding hydrogens is 485 g/mol. The normalized spacial score (nSPS) is 21.4. The topological polar surface area (TPSA) is 65.6 Å². The minimum absolute atomic E-state index is 0.198. The number of methoxy groups -OCH3 is 1. The van der Waals surface area contributed by atoms with Crippen LogP contribution in [0.3, 0.4) is 0 Å². The molecule has 0 saturated carbocycles. The van der Waals surface area contributed by atoms with Crippen LogP contribution in [0.2, 0.25) is 10.0 Å². The average Bonchev–Trinajstić information content (AvgIpc) is 3.35. The predicted molar refractivity (Wildman–Crippen MR) is 137 cm³/mol. The molecule has 1 fully saturated rings. The lowest BCUT2D eigenvalue weighted by molar-refractivity contribution is -0.125. The number of H-pyrrole nitrogens is 1. The molecule has 0 bridgehead atoms. The van der Waals surface area contributed by atoms with E-state index >= 15 is 0 Å². The molecule has 0 spiro atoms. The predicted octanol–water partition coefficient (Wildman–Crippen LogP) is 6.31. The van der Waals surface area contributed by atoms with Gasteiger partial charge >= 0.3 is 6.03 Å². The third kappa shape index (κ3) is 2.96. The zero-order chi connectivity index (χ0) is 24.5. The number of carbonyl (C=O) groups excluding carboxylic acids is 2. The van der Waals surface area contributed by atoms with Gasteiger partial charge in [-0.25, -0.2) is 9.69 Å². The quantitative estimate of drug-likeness (QED) is 0.331. The summed E-state index contributed by atoms with van der Waals surface area (Å²) in [5.41, 5.74) is 2.75. The van der Waals surface area contributed by atoms with E-state index in [0.717, 1.165) is 27.8 Å². The minimum Gasteiger partial charge on any atom is -0.496 e. The third-order valence-corrected chi connectivity index (χ3v) is 7.94. The van der Waals surface area contributed by atoms with E-state index in [2.05, 4.69) is 4.98 Å². The monoisotopic (exact) mass is 505 g/mol. The van der Waals surface area contributed by atoms with Crippen LogP contribution < -0.4 is 9.64 Å². The molecule has 3 heterocycles. The second kappa shape index (κ2) is 7.77.